The van der Waals surface area contributed by atoms with E-state index in [1.165, 1.54) is 6.08 Å². The molecular formula is C8H14O2Si. The highest BCUT2D eigenvalue weighted by Crippen LogP contribution is 2.22. The number of rotatable bonds is 2. The largest absolute Gasteiger partial charge is 0.409 e. The molecule has 1 heterocycles. The van der Waals surface area contributed by atoms with Crippen LogP contribution in [0.5, 0.6) is 0 Å². The second-order valence-electron chi connectivity index (χ2n) is 3.10. The van der Waals surface area contributed by atoms with Gasteiger partial charge in [0.05, 0.1) is 0 Å². The van der Waals surface area contributed by atoms with Crippen molar-refractivity contribution in [2.24, 2.45) is 0 Å². The number of hydrogen-bond acceptors (Lipinski definition) is 2. The van der Waals surface area contributed by atoms with Gasteiger partial charge in [0.2, 0.25) is 0 Å². The molecule has 3 heteroatoms. The van der Waals surface area contributed by atoms with Crippen LogP contribution in [0.4, 0.5) is 0 Å². The topological polar surface area (TPSA) is 26.3 Å². The molecule has 0 aromatic heterocycles. The van der Waals surface area contributed by atoms with Gasteiger partial charge in [0.1, 0.15) is 0 Å². The van der Waals surface area contributed by atoms with E-state index in [1.54, 1.807) is 0 Å². The van der Waals surface area contributed by atoms with E-state index in [9.17, 15) is 4.79 Å². The Bertz CT molecular complexity index is 171. The Balaban J connectivity index is 2.63. The van der Waals surface area contributed by atoms with Crippen LogP contribution in [0.25, 0.3) is 0 Å². The van der Waals surface area contributed by atoms with Crippen molar-refractivity contribution < 1.29 is 9.22 Å². The van der Waals surface area contributed by atoms with Crippen LogP contribution in [0.1, 0.15) is 12.8 Å². The maximum Gasteiger partial charge on any atom is 0.266 e. The van der Waals surface area contributed by atoms with E-state index in [-0.39, 0.29) is 5.41 Å². The lowest BCUT2D eigenvalue weighted by Crippen LogP contribution is -2.45. The van der Waals surface area contributed by atoms with E-state index in [2.05, 4.69) is 6.58 Å². The van der Waals surface area contributed by atoms with Gasteiger partial charge in [-0.05, 0) is 25.1 Å². The van der Waals surface area contributed by atoms with Gasteiger partial charge in [0.15, 0.2) is 5.41 Å². The molecule has 1 aliphatic heterocycles. The van der Waals surface area contributed by atoms with Gasteiger partial charge in [-0.25, -0.2) is 0 Å². The summed E-state index contributed by atoms with van der Waals surface area (Å²) in [7, 11) is -2.00. The second kappa shape index (κ2) is 3.32. The number of hydrogen-bond donors (Lipinski definition) is 0. The van der Waals surface area contributed by atoms with E-state index in [0.29, 0.717) is 0 Å². The third-order valence-electron chi connectivity index (χ3n) is 2.18. The molecule has 0 spiro atoms. The summed E-state index contributed by atoms with van der Waals surface area (Å²) in [5, 5.41) is 0.150. The Morgan fingerprint density at radius 1 is 1.64 bits per heavy atom. The Morgan fingerprint density at radius 2 is 2.36 bits per heavy atom. The summed E-state index contributed by atoms with van der Waals surface area (Å²) in [6.45, 7) is 6.23. The van der Waals surface area contributed by atoms with Crippen molar-refractivity contribution in [3.05, 3.63) is 12.7 Å². The molecule has 1 rings (SSSR count). The predicted octanol–water partition coefficient (Wildman–Crippen LogP) is 1.67. The average molecular weight is 170 g/mol. The van der Waals surface area contributed by atoms with Crippen LogP contribution in [0.15, 0.2) is 12.7 Å². The third kappa shape index (κ3) is 1.78. The Morgan fingerprint density at radius 3 is 2.82 bits per heavy atom. The average Bonchev–Trinajstić information content (AvgIpc) is 2.04. The molecule has 11 heavy (non-hydrogen) atoms. The van der Waals surface area contributed by atoms with Gasteiger partial charge >= 0.3 is 0 Å². The summed E-state index contributed by atoms with van der Waals surface area (Å²) in [4.78, 5) is 11.3. The summed E-state index contributed by atoms with van der Waals surface area (Å²) in [6.07, 6.45) is 3.66. The summed E-state index contributed by atoms with van der Waals surface area (Å²) < 4.78 is 5.54. The predicted molar refractivity (Wildman–Crippen MR) is 46.8 cm³/mol. The van der Waals surface area contributed by atoms with Gasteiger partial charge < -0.3 is 4.43 Å². The highest BCUT2D eigenvalue weighted by molar-refractivity contribution is 7.02. The first kappa shape index (κ1) is 8.68. The van der Waals surface area contributed by atoms with E-state index < -0.39 is 8.32 Å². The van der Waals surface area contributed by atoms with Gasteiger partial charge in [-0.1, -0.05) is 13.0 Å². The van der Waals surface area contributed by atoms with Crippen LogP contribution in [0, 0.1) is 0 Å². The van der Waals surface area contributed by atoms with Crippen LogP contribution in [-0.2, 0) is 9.22 Å². The number of allylic oxidation sites excluding steroid dienone is 1. The van der Waals surface area contributed by atoms with Gasteiger partial charge in [0.25, 0.3) is 8.32 Å². The molecule has 1 unspecified atom stereocenters. The fraction of sp³-hybridized carbons (Fsp3) is 0.625. The first-order valence-corrected chi connectivity index (χ1v) is 6.61. The SMILES string of the molecule is C=CC(=O)[Si]1(C)CCCCO1. The zero-order valence-electron chi connectivity index (χ0n) is 6.93. The van der Waals surface area contributed by atoms with Crippen LogP contribution < -0.4 is 0 Å². The normalized spacial score (nSPS) is 31.4. The monoisotopic (exact) mass is 170 g/mol. The van der Waals surface area contributed by atoms with Crippen LogP contribution in [0.3, 0.4) is 0 Å². The van der Waals surface area contributed by atoms with Crippen molar-refractivity contribution in [2.45, 2.75) is 25.4 Å². The van der Waals surface area contributed by atoms with Crippen LogP contribution >= 0.6 is 0 Å². The molecule has 0 N–H and O–H groups in total. The maximum atomic E-state index is 11.3. The zero-order chi connectivity index (χ0) is 8.32. The lowest BCUT2D eigenvalue weighted by molar-refractivity contribution is -0.110. The van der Waals surface area contributed by atoms with Crippen molar-refractivity contribution >= 4 is 13.7 Å². The van der Waals surface area contributed by atoms with Crippen molar-refractivity contribution in [2.75, 3.05) is 6.61 Å². The molecule has 0 saturated carbocycles. The number of carbonyl (C=O) groups is 1. The minimum absolute atomic E-state index is 0.150. The van der Waals surface area contributed by atoms with Gasteiger partial charge in [-0.2, -0.15) is 0 Å². The fourth-order valence-electron chi connectivity index (χ4n) is 1.34. The summed E-state index contributed by atoms with van der Waals surface area (Å²) in [6, 6.07) is 0.970. The Kier molecular flexibility index (Phi) is 2.62. The van der Waals surface area contributed by atoms with E-state index >= 15 is 0 Å². The lowest BCUT2D eigenvalue weighted by Gasteiger charge is -2.28. The van der Waals surface area contributed by atoms with E-state index in [4.69, 9.17) is 4.43 Å². The van der Waals surface area contributed by atoms with Crippen LogP contribution in [0.2, 0.25) is 12.6 Å². The smallest absolute Gasteiger partial charge is 0.266 e. The highest BCUT2D eigenvalue weighted by Gasteiger charge is 2.37. The minimum Gasteiger partial charge on any atom is -0.409 e. The van der Waals surface area contributed by atoms with Crippen molar-refractivity contribution in [3.8, 4) is 0 Å². The first-order chi connectivity index (χ1) is 5.19. The van der Waals surface area contributed by atoms with Gasteiger partial charge in [-0.15, -0.1) is 0 Å². The molecule has 0 aromatic rings. The Labute approximate surface area is 68.4 Å². The van der Waals surface area contributed by atoms with E-state index in [0.717, 1.165) is 25.5 Å². The fourth-order valence-corrected chi connectivity index (χ4v) is 3.83. The molecule has 0 aromatic carbocycles. The molecular weight excluding hydrogens is 156 g/mol. The second-order valence-corrected chi connectivity index (χ2v) is 6.85. The molecule has 0 bridgehead atoms. The zero-order valence-corrected chi connectivity index (χ0v) is 7.93. The molecule has 1 atom stereocenters. The molecule has 0 radical (unpaired) electrons. The third-order valence-corrected chi connectivity index (χ3v) is 5.57. The molecule has 1 aliphatic rings. The maximum absolute atomic E-state index is 11.3. The quantitative estimate of drug-likeness (QED) is 0.465. The molecule has 0 aliphatic carbocycles. The minimum atomic E-state index is -2.00. The molecule has 1 saturated heterocycles. The van der Waals surface area contributed by atoms with Gasteiger partial charge in [0, 0.05) is 6.61 Å². The molecule has 1 fully saturated rings. The lowest BCUT2D eigenvalue weighted by atomic mass is 10.4. The van der Waals surface area contributed by atoms with Crippen molar-refractivity contribution in [1.82, 2.24) is 0 Å². The summed E-state index contributed by atoms with van der Waals surface area (Å²) in [5.74, 6) is 0. The van der Waals surface area contributed by atoms with Crippen molar-refractivity contribution in [3.63, 3.8) is 0 Å². The molecule has 0 amide bonds. The van der Waals surface area contributed by atoms with E-state index in [1.807, 2.05) is 6.55 Å². The molecule has 62 valence electrons. The molecule has 2 nitrogen and oxygen atoms in total. The van der Waals surface area contributed by atoms with Crippen LogP contribution in [-0.4, -0.2) is 20.3 Å². The number of carbonyl (C=O) groups excluding carboxylic acids is 1. The summed E-state index contributed by atoms with van der Waals surface area (Å²) in [5.41, 5.74) is 0. The Hall–Kier alpha value is -0.413. The summed E-state index contributed by atoms with van der Waals surface area (Å²) >= 11 is 0. The standard InChI is InChI=1S/C8H14O2Si/c1-3-8(9)11(2)7-5-4-6-10-11/h3H,1,4-7H2,2H3. The highest BCUT2D eigenvalue weighted by atomic mass is 28.4. The van der Waals surface area contributed by atoms with Gasteiger partial charge in [-0.3, -0.25) is 4.79 Å². The first-order valence-electron chi connectivity index (χ1n) is 4.00. The van der Waals surface area contributed by atoms with Crippen molar-refractivity contribution in [1.29, 1.82) is 0 Å².